The molecule has 0 fully saturated rings. The van der Waals surface area contributed by atoms with Gasteiger partial charge in [0.05, 0.1) is 13.2 Å². The van der Waals surface area contributed by atoms with Crippen molar-refractivity contribution in [1.82, 2.24) is 0 Å². The number of benzene rings is 1. The fraction of sp³-hybridized carbons (Fsp3) is 0.467. The van der Waals surface area contributed by atoms with Crippen LogP contribution in [0.1, 0.15) is 31.7 Å². The second-order valence-electron chi connectivity index (χ2n) is 4.71. The van der Waals surface area contributed by atoms with E-state index in [1.54, 1.807) is 0 Å². The second-order valence-corrected chi connectivity index (χ2v) is 4.71. The molecule has 1 aromatic rings. The van der Waals surface area contributed by atoms with Gasteiger partial charge < -0.3 is 15.2 Å². The maximum Gasteiger partial charge on any atom is 0.161 e. The van der Waals surface area contributed by atoms with Gasteiger partial charge in [0.1, 0.15) is 0 Å². The van der Waals surface area contributed by atoms with Gasteiger partial charge in [0.2, 0.25) is 0 Å². The average Bonchev–Trinajstić information content (AvgIpc) is 2.59. The molecule has 3 heteroatoms. The fourth-order valence-corrected chi connectivity index (χ4v) is 1.86. The predicted octanol–water partition coefficient (Wildman–Crippen LogP) is 2.99. The van der Waals surface area contributed by atoms with Crippen molar-refractivity contribution in [3.05, 3.63) is 29.8 Å². The highest BCUT2D eigenvalue weighted by Gasteiger charge is 2.09. The van der Waals surface area contributed by atoms with Gasteiger partial charge in [0, 0.05) is 12.5 Å². The van der Waals surface area contributed by atoms with Crippen molar-refractivity contribution in [2.75, 3.05) is 13.2 Å². The summed E-state index contributed by atoms with van der Waals surface area (Å²) >= 11 is 0. The summed E-state index contributed by atoms with van der Waals surface area (Å²) in [4.78, 5) is 0. The summed E-state index contributed by atoms with van der Waals surface area (Å²) < 4.78 is 11.2. The first-order chi connectivity index (χ1) is 8.75. The predicted molar refractivity (Wildman–Crippen MR) is 74.0 cm³/mol. The van der Waals surface area contributed by atoms with Gasteiger partial charge >= 0.3 is 0 Å². The minimum absolute atomic E-state index is 0.262. The molecule has 98 valence electrons. The van der Waals surface area contributed by atoms with Gasteiger partial charge in [-0.15, -0.1) is 0 Å². The molecule has 0 amide bonds. The number of ether oxygens (including phenoxy) is 2. The van der Waals surface area contributed by atoms with Crippen LogP contribution in [0.25, 0.3) is 6.08 Å². The van der Waals surface area contributed by atoms with Gasteiger partial charge in [0.25, 0.3) is 0 Å². The van der Waals surface area contributed by atoms with Crippen molar-refractivity contribution in [3.63, 3.8) is 0 Å². The fourth-order valence-electron chi connectivity index (χ4n) is 1.86. The van der Waals surface area contributed by atoms with Crippen LogP contribution in [0.2, 0.25) is 0 Å². The molecular formula is C15H21NO2. The first-order valence-electron chi connectivity index (χ1n) is 6.57. The standard InChI is InChI=1S/C15H21NO2/c1-12(16)5-2-3-6-13-7-8-14-15(11-13)18-10-4-9-17-14/h3,6-8,11-12H,2,4-5,9-10,16H2,1H3/b6-3+. The second kappa shape index (κ2) is 6.45. The molecule has 0 aliphatic carbocycles. The lowest BCUT2D eigenvalue weighted by molar-refractivity contribution is 0.297. The van der Waals surface area contributed by atoms with Crippen LogP contribution in [0, 0.1) is 0 Å². The van der Waals surface area contributed by atoms with Gasteiger partial charge in [-0.05, 0) is 37.5 Å². The van der Waals surface area contributed by atoms with E-state index in [0.29, 0.717) is 0 Å². The van der Waals surface area contributed by atoms with E-state index in [1.807, 2.05) is 19.1 Å². The molecule has 2 rings (SSSR count). The van der Waals surface area contributed by atoms with Gasteiger partial charge in [0.15, 0.2) is 11.5 Å². The molecule has 18 heavy (non-hydrogen) atoms. The van der Waals surface area contributed by atoms with Crippen molar-refractivity contribution < 1.29 is 9.47 Å². The number of hydrogen-bond donors (Lipinski definition) is 1. The maximum atomic E-state index is 5.71. The summed E-state index contributed by atoms with van der Waals surface area (Å²) in [6, 6.07) is 6.32. The van der Waals surface area contributed by atoms with E-state index >= 15 is 0 Å². The van der Waals surface area contributed by atoms with Crippen LogP contribution in [0.5, 0.6) is 11.5 Å². The Morgan fingerprint density at radius 3 is 2.83 bits per heavy atom. The van der Waals surface area contributed by atoms with Gasteiger partial charge in [-0.25, -0.2) is 0 Å². The molecule has 3 nitrogen and oxygen atoms in total. The molecular weight excluding hydrogens is 226 g/mol. The first kappa shape index (κ1) is 13.0. The van der Waals surface area contributed by atoms with Crippen LogP contribution in [-0.2, 0) is 0 Å². The first-order valence-corrected chi connectivity index (χ1v) is 6.57. The van der Waals surface area contributed by atoms with Crippen molar-refractivity contribution >= 4 is 6.08 Å². The molecule has 0 aromatic heterocycles. The third-order valence-electron chi connectivity index (χ3n) is 2.87. The van der Waals surface area contributed by atoms with E-state index in [4.69, 9.17) is 15.2 Å². The van der Waals surface area contributed by atoms with E-state index in [9.17, 15) is 0 Å². The summed E-state index contributed by atoms with van der Waals surface area (Å²) in [5.74, 6) is 1.70. The Hall–Kier alpha value is -1.48. The molecule has 0 radical (unpaired) electrons. The van der Waals surface area contributed by atoms with Crippen molar-refractivity contribution in [1.29, 1.82) is 0 Å². The van der Waals surface area contributed by atoms with Crippen molar-refractivity contribution in [2.45, 2.75) is 32.2 Å². The average molecular weight is 247 g/mol. The molecule has 1 unspecified atom stereocenters. The number of fused-ring (bicyclic) bond motifs is 1. The van der Waals surface area contributed by atoms with E-state index in [-0.39, 0.29) is 6.04 Å². The minimum atomic E-state index is 0.262. The highest BCUT2D eigenvalue weighted by Crippen LogP contribution is 2.30. The Bertz CT molecular complexity index is 413. The number of hydrogen-bond acceptors (Lipinski definition) is 3. The van der Waals surface area contributed by atoms with Crippen LogP contribution in [0.15, 0.2) is 24.3 Å². The number of rotatable bonds is 4. The van der Waals surface area contributed by atoms with Crippen LogP contribution in [0.4, 0.5) is 0 Å². The summed E-state index contributed by atoms with van der Waals surface area (Å²) in [7, 11) is 0. The zero-order chi connectivity index (χ0) is 12.8. The number of allylic oxidation sites excluding steroid dienone is 1. The molecule has 0 saturated heterocycles. The minimum Gasteiger partial charge on any atom is -0.490 e. The summed E-state index contributed by atoms with van der Waals surface area (Å²) in [5, 5.41) is 0. The quantitative estimate of drug-likeness (QED) is 0.889. The SMILES string of the molecule is CC(N)CC/C=C/c1ccc2c(c1)OCCCO2. The molecule has 2 N–H and O–H groups in total. The Kier molecular flexibility index (Phi) is 4.65. The Balaban J connectivity index is 1.99. The molecule has 1 aromatic carbocycles. The van der Waals surface area contributed by atoms with Crippen molar-refractivity contribution in [3.8, 4) is 11.5 Å². The lowest BCUT2D eigenvalue weighted by atomic mass is 10.1. The van der Waals surface area contributed by atoms with Crippen LogP contribution in [0.3, 0.4) is 0 Å². The molecule has 1 atom stereocenters. The van der Waals surface area contributed by atoms with Crippen molar-refractivity contribution in [2.24, 2.45) is 5.73 Å². The Labute approximate surface area is 109 Å². The smallest absolute Gasteiger partial charge is 0.161 e. The normalized spacial score (nSPS) is 16.6. The van der Waals surface area contributed by atoms with Gasteiger partial charge in [-0.3, -0.25) is 0 Å². The molecule has 1 aliphatic heterocycles. The molecule has 1 aliphatic rings. The van der Waals surface area contributed by atoms with Crippen LogP contribution in [-0.4, -0.2) is 19.3 Å². The monoisotopic (exact) mass is 247 g/mol. The third kappa shape index (κ3) is 3.77. The zero-order valence-corrected chi connectivity index (χ0v) is 10.9. The molecule has 0 bridgehead atoms. The lowest BCUT2D eigenvalue weighted by Gasteiger charge is -2.07. The Morgan fingerprint density at radius 1 is 1.28 bits per heavy atom. The lowest BCUT2D eigenvalue weighted by Crippen LogP contribution is -2.13. The highest BCUT2D eigenvalue weighted by atomic mass is 16.5. The Morgan fingerprint density at radius 2 is 2.06 bits per heavy atom. The molecule has 1 heterocycles. The highest BCUT2D eigenvalue weighted by molar-refractivity contribution is 5.56. The van der Waals surface area contributed by atoms with E-state index in [0.717, 1.165) is 49.5 Å². The van der Waals surface area contributed by atoms with Gasteiger partial charge in [-0.2, -0.15) is 0 Å². The van der Waals surface area contributed by atoms with E-state index in [2.05, 4.69) is 18.2 Å². The number of nitrogens with two attached hydrogens (primary N) is 1. The topological polar surface area (TPSA) is 44.5 Å². The summed E-state index contributed by atoms with van der Waals surface area (Å²) in [6.45, 7) is 3.49. The van der Waals surface area contributed by atoms with Crippen LogP contribution < -0.4 is 15.2 Å². The maximum absolute atomic E-state index is 5.71. The zero-order valence-electron chi connectivity index (χ0n) is 10.9. The van der Waals surface area contributed by atoms with Gasteiger partial charge in [-0.1, -0.05) is 18.2 Å². The molecule has 0 spiro atoms. The largest absolute Gasteiger partial charge is 0.490 e. The summed E-state index contributed by atoms with van der Waals surface area (Å²) in [5.41, 5.74) is 6.85. The summed E-state index contributed by atoms with van der Waals surface area (Å²) in [6.07, 6.45) is 7.22. The third-order valence-corrected chi connectivity index (χ3v) is 2.87. The van der Waals surface area contributed by atoms with E-state index < -0.39 is 0 Å². The molecule has 0 saturated carbocycles. The van der Waals surface area contributed by atoms with E-state index in [1.165, 1.54) is 0 Å². The van der Waals surface area contributed by atoms with Crippen LogP contribution >= 0.6 is 0 Å².